The molecule has 0 bridgehead atoms. The molecule has 0 atom stereocenters. The number of hydrogen-bond donors (Lipinski definition) is 1. The van der Waals surface area contributed by atoms with Gasteiger partial charge in [-0.15, -0.1) is 0 Å². The van der Waals surface area contributed by atoms with E-state index in [2.05, 4.69) is 44.3 Å². The van der Waals surface area contributed by atoms with Crippen molar-refractivity contribution in [1.82, 2.24) is 14.8 Å². The Labute approximate surface area is 189 Å². The van der Waals surface area contributed by atoms with Crippen LogP contribution in [0.1, 0.15) is 5.56 Å². The number of nitrogens with zero attached hydrogens (tertiary/aromatic N) is 4. The van der Waals surface area contributed by atoms with Crippen molar-refractivity contribution in [2.24, 2.45) is 0 Å². The quantitative estimate of drug-likeness (QED) is 0.706. The smallest absolute Gasteiger partial charge is 0.162 e. The highest BCUT2D eigenvalue weighted by Gasteiger charge is 2.20. The second-order valence-corrected chi connectivity index (χ2v) is 8.58. The predicted octanol–water partition coefficient (Wildman–Crippen LogP) is 2.91. The van der Waals surface area contributed by atoms with Gasteiger partial charge in [-0.2, -0.15) is 0 Å². The van der Waals surface area contributed by atoms with Gasteiger partial charge in [0.2, 0.25) is 0 Å². The summed E-state index contributed by atoms with van der Waals surface area (Å²) in [6, 6.07) is 10.6. The number of hydrazine groups is 1. The Hall–Kier alpha value is -2.42. The molecule has 0 aliphatic carbocycles. The Bertz CT molecular complexity index is 896. The summed E-state index contributed by atoms with van der Waals surface area (Å²) in [4.78, 5) is 7.02. The summed E-state index contributed by atoms with van der Waals surface area (Å²) >= 11 is 0. The molecule has 2 saturated heterocycles. The third-order valence-corrected chi connectivity index (χ3v) is 6.41. The summed E-state index contributed by atoms with van der Waals surface area (Å²) in [5.41, 5.74) is 6.16. The van der Waals surface area contributed by atoms with Gasteiger partial charge in [-0.1, -0.05) is 12.1 Å². The first-order valence-electron chi connectivity index (χ1n) is 11.3. The second-order valence-electron chi connectivity index (χ2n) is 8.58. The molecule has 1 N–H and O–H groups in total. The molecule has 2 aliphatic rings. The van der Waals surface area contributed by atoms with Gasteiger partial charge < -0.3 is 24.9 Å². The lowest BCUT2D eigenvalue weighted by molar-refractivity contribution is 0.154. The fourth-order valence-corrected chi connectivity index (χ4v) is 4.34. The maximum Gasteiger partial charge on any atom is 0.162 e. The number of rotatable bonds is 7. The Kier molecular flexibility index (Phi) is 7.44. The number of nitrogens with one attached hydrogen (secondary N) is 1. The Morgan fingerprint density at radius 1 is 0.938 bits per heavy atom. The van der Waals surface area contributed by atoms with Gasteiger partial charge in [0, 0.05) is 58.9 Å². The predicted molar refractivity (Wildman–Crippen MR) is 124 cm³/mol. The first kappa shape index (κ1) is 22.8. The van der Waals surface area contributed by atoms with Crippen molar-refractivity contribution < 1.29 is 13.5 Å². The minimum Gasteiger partial charge on any atom is -0.495 e. The van der Waals surface area contributed by atoms with E-state index in [0.717, 1.165) is 82.1 Å². The molecule has 0 spiro atoms. The van der Waals surface area contributed by atoms with Crippen LogP contribution in [0.15, 0.2) is 36.4 Å². The molecular formula is C24H33F2N5O. The number of likely N-dealkylation sites (N-methyl/N-ethyl adjacent to an activating group) is 1. The van der Waals surface area contributed by atoms with Gasteiger partial charge in [-0.3, -0.25) is 0 Å². The van der Waals surface area contributed by atoms with Crippen molar-refractivity contribution in [3.05, 3.63) is 53.6 Å². The highest BCUT2D eigenvalue weighted by molar-refractivity contribution is 5.66. The number of hydrogen-bond acceptors (Lipinski definition) is 6. The highest BCUT2D eigenvalue weighted by atomic mass is 19.2. The number of methoxy groups -OCH3 is 1. The fourth-order valence-electron chi connectivity index (χ4n) is 4.34. The first-order valence-corrected chi connectivity index (χ1v) is 11.3. The van der Waals surface area contributed by atoms with Crippen molar-refractivity contribution in [2.45, 2.75) is 6.42 Å². The van der Waals surface area contributed by atoms with Crippen molar-refractivity contribution in [3.8, 4) is 5.75 Å². The molecule has 2 fully saturated rings. The Morgan fingerprint density at radius 2 is 1.69 bits per heavy atom. The molecule has 32 heavy (non-hydrogen) atoms. The fraction of sp³-hybridized carbons (Fsp3) is 0.500. The van der Waals surface area contributed by atoms with Gasteiger partial charge in [-0.05, 0) is 43.3 Å². The number of anilines is 2. The number of halogens is 2. The van der Waals surface area contributed by atoms with Crippen LogP contribution >= 0.6 is 0 Å². The van der Waals surface area contributed by atoms with E-state index in [1.807, 2.05) is 6.07 Å². The van der Waals surface area contributed by atoms with Crippen LogP contribution in [0.25, 0.3) is 0 Å². The van der Waals surface area contributed by atoms with E-state index in [9.17, 15) is 8.78 Å². The molecule has 2 aromatic rings. The molecule has 0 aromatic heterocycles. The van der Waals surface area contributed by atoms with E-state index in [1.54, 1.807) is 19.2 Å². The molecule has 6 nitrogen and oxygen atoms in total. The van der Waals surface area contributed by atoms with E-state index in [0.29, 0.717) is 12.0 Å². The van der Waals surface area contributed by atoms with Crippen LogP contribution in [0.4, 0.5) is 20.2 Å². The number of piperazine rings is 2. The summed E-state index contributed by atoms with van der Waals surface area (Å²) in [7, 11) is 3.87. The van der Waals surface area contributed by atoms with Crippen molar-refractivity contribution in [3.63, 3.8) is 0 Å². The van der Waals surface area contributed by atoms with Gasteiger partial charge >= 0.3 is 0 Å². The zero-order chi connectivity index (χ0) is 22.5. The normalized spacial score (nSPS) is 18.7. The van der Waals surface area contributed by atoms with Gasteiger partial charge in [0.05, 0.1) is 18.5 Å². The largest absolute Gasteiger partial charge is 0.495 e. The van der Waals surface area contributed by atoms with Crippen LogP contribution in [0.3, 0.4) is 0 Å². The van der Waals surface area contributed by atoms with Crippen molar-refractivity contribution >= 4 is 11.4 Å². The van der Waals surface area contributed by atoms with Gasteiger partial charge in [0.1, 0.15) is 5.75 Å². The lowest BCUT2D eigenvalue weighted by atomic mass is 10.1. The molecule has 2 heterocycles. The second kappa shape index (κ2) is 10.5. The van der Waals surface area contributed by atoms with E-state index >= 15 is 0 Å². The number of benzene rings is 2. The van der Waals surface area contributed by atoms with Gasteiger partial charge in [0.15, 0.2) is 11.6 Å². The summed E-state index contributed by atoms with van der Waals surface area (Å²) in [5.74, 6) is -0.593. The molecule has 174 valence electrons. The summed E-state index contributed by atoms with van der Waals surface area (Å²) in [6.45, 7) is 8.27. The first-order chi connectivity index (χ1) is 15.5. The third kappa shape index (κ3) is 5.49. The molecular weight excluding hydrogens is 412 g/mol. The summed E-state index contributed by atoms with van der Waals surface area (Å²) < 4.78 is 32.9. The summed E-state index contributed by atoms with van der Waals surface area (Å²) in [6.07, 6.45) is 0.518. The zero-order valence-corrected chi connectivity index (χ0v) is 19.0. The average Bonchev–Trinajstić information content (AvgIpc) is 2.81. The lowest BCUT2D eigenvalue weighted by Crippen LogP contribution is -2.49. The summed E-state index contributed by atoms with van der Waals surface area (Å²) in [5, 5.41) is 2.22. The Balaban J connectivity index is 1.30. The van der Waals surface area contributed by atoms with E-state index in [1.165, 1.54) is 0 Å². The van der Waals surface area contributed by atoms with Crippen LogP contribution in [0, 0.1) is 11.6 Å². The lowest BCUT2D eigenvalue weighted by Gasteiger charge is -2.36. The van der Waals surface area contributed by atoms with Crippen LogP contribution in [-0.2, 0) is 6.42 Å². The van der Waals surface area contributed by atoms with Gasteiger partial charge in [-0.25, -0.2) is 13.8 Å². The molecule has 0 unspecified atom stereocenters. The van der Waals surface area contributed by atoms with Crippen molar-refractivity contribution in [1.29, 1.82) is 0 Å². The molecule has 4 rings (SSSR count). The van der Waals surface area contributed by atoms with E-state index in [4.69, 9.17) is 4.74 Å². The highest BCUT2D eigenvalue weighted by Crippen LogP contribution is 2.32. The maximum absolute atomic E-state index is 13.9. The molecule has 0 amide bonds. The van der Waals surface area contributed by atoms with Crippen molar-refractivity contribution in [2.75, 3.05) is 83.4 Å². The van der Waals surface area contributed by atoms with E-state index in [-0.39, 0.29) is 0 Å². The topological polar surface area (TPSA) is 34.2 Å². The third-order valence-electron chi connectivity index (χ3n) is 6.41. The van der Waals surface area contributed by atoms with E-state index < -0.39 is 11.6 Å². The molecule has 2 aromatic carbocycles. The van der Waals surface area contributed by atoms with Crippen LogP contribution < -0.4 is 15.1 Å². The minimum absolute atomic E-state index is 0.445. The average molecular weight is 446 g/mol. The van der Waals surface area contributed by atoms with Crippen LogP contribution in [0.5, 0.6) is 5.75 Å². The van der Waals surface area contributed by atoms with Crippen LogP contribution in [-0.4, -0.2) is 87.9 Å². The molecule has 0 saturated carbocycles. The zero-order valence-electron chi connectivity index (χ0n) is 19.0. The van der Waals surface area contributed by atoms with Crippen LogP contribution in [0.2, 0.25) is 0 Å². The maximum atomic E-state index is 13.9. The molecule has 8 heteroatoms. The number of ether oxygens (including phenoxy) is 1. The monoisotopic (exact) mass is 445 g/mol. The Morgan fingerprint density at radius 3 is 2.41 bits per heavy atom. The standard InChI is InChI=1S/C24H33F2N5O/c1-28-10-14-30(15-11-28)22-18-20(6-7-23(22)32-2)27-31-16-12-29(13-17-31)9-8-19-4-3-5-21(25)24(19)26/h3-7,18,27H,8-17H2,1-2H3. The minimum atomic E-state index is -0.771. The molecule has 2 aliphatic heterocycles. The SMILES string of the molecule is COc1ccc(NN2CCN(CCc3cccc(F)c3F)CC2)cc1N1CCN(C)CC1. The molecule has 0 radical (unpaired) electrons. The van der Waals surface area contributed by atoms with Gasteiger partial charge in [0.25, 0.3) is 0 Å².